The summed E-state index contributed by atoms with van der Waals surface area (Å²) >= 11 is 0. The van der Waals surface area contributed by atoms with E-state index in [-0.39, 0.29) is 0 Å². The van der Waals surface area contributed by atoms with Crippen molar-refractivity contribution in [3.63, 3.8) is 0 Å². The SMILES string of the molecule is CC(C)CNCc1cnc(N2CCN(C)CC2C)nc1. The van der Waals surface area contributed by atoms with Crippen molar-refractivity contribution in [2.75, 3.05) is 38.1 Å². The number of nitrogens with one attached hydrogen (secondary N) is 1. The summed E-state index contributed by atoms with van der Waals surface area (Å²) in [5, 5.41) is 3.41. The molecule has 5 heteroatoms. The fraction of sp³-hybridized carbons (Fsp3) is 0.733. The van der Waals surface area contributed by atoms with Gasteiger partial charge in [-0.05, 0) is 26.4 Å². The summed E-state index contributed by atoms with van der Waals surface area (Å²) in [5.74, 6) is 1.53. The Hall–Kier alpha value is -1.20. The number of hydrogen-bond donors (Lipinski definition) is 1. The van der Waals surface area contributed by atoms with Crippen molar-refractivity contribution in [2.24, 2.45) is 5.92 Å². The van der Waals surface area contributed by atoms with E-state index >= 15 is 0 Å². The van der Waals surface area contributed by atoms with E-state index < -0.39 is 0 Å². The molecule has 1 unspecified atom stereocenters. The maximum atomic E-state index is 4.53. The number of likely N-dealkylation sites (N-methyl/N-ethyl adjacent to an activating group) is 1. The van der Waals surface area contributed by atoms with Gasteiger partial charge in [0.1, 0.15) is 0 Å². The third-order valence-corrected chi connectivity index (χ3v) is 3.66. The summed E-state index contributed by atoms with van der Waals surface area (Å²) in [6, 6.07) is 0.471. The molecule has 1 aliphatic heterocycles. The third-order valence-electron chi connectivity index (χ3n) is 3.66. The molecule has 0 aliphatic carbocycles. The van der Waals surface area contributed by atoms with E-state index in [9.17, 15) is 0 Å². The van der Waals surface area contributed by atoms with Crippen molar-refractivity contribution in [2.45, 2.75) is 33.4 Å². The summed E-state index contributed by atoms with van der Waals surface area (Å²) in [6.45, 7) is 11.7. The van der Waals surface area contributed by atoms with Crippen LogP contribution in [0.5, 0.6) is 0 Å². The van der Waals surface area contributed by atoms with Crippen LogP contribution in [0.2, 0.25) is 0 Å². The number of piperazine rings is 1. The smallest absolute Gasteiger partial charge is 0.225 e. The Morgan fingerprint density at radius 2 is 2.00 bits per heavy atom. The van der Waals surface area contributed by atoms with E-state index in [1.54, 1.807) is 0 Å². The van der Waals surface area contributed by atoms with Crippen LogP contribution in [0.3, 0.4) is 0 Å². The van der Waals surface area contributed by atoms with Gasteiger partial charge in [0.15, 0.2) is 0 Å². The first kappa shape index (κ1) is 15.2. The first-order chi connectivity index (χ1) is 9.56. The summed E-state index contributed by atoms with van der Waals surface area (Å²) in [7, 11) is 2.16. The summed E-state index contributed by atoms with van der Waals surface area (Å²) in [4.78, 5) is 13.7. The minimum absolute atomic E-state index is 0.471. The molecular weight excluding hydrogens is 250 g/mol. The van der Waals surface area contributed by atoms with Crippen LogP contribution in [0.1, 0.15) is 26.3 Å². The molecule has 1 aliphatic rings. The highest BCUT2D eigenvalue weighted by Gasteiger charge is 2.23. The first-order valence-electron chi connectivity index (χ1n) is 7.53. The van der Waals surface area contributed by atoms with Crippen LogP contribution in [0.4, 0.5) is 5.95 Å². The van der Waals surface area contributed by atoms with Crippen molar-refractivity contribution in [1.29, 1.82) is 0 Å². The molecule has 1 aromatic rings. The van der Waals surface area contributed by atoms with Gasteiger partial charge in [-0.1, -0.05) is 13.8 Å². The van der Waals surface area contributed by atoms with Gasteiger partial charge in [-0.2, -0.15) is 0 Å². The molecule has 1 atom stereocenters. The molecule has 1 N–H and O–H groups in total. The van der Waals surface area contributed by atoms with Crippen molar-refractivity contribution in [3.05, 3.63) is 18.0 Å². The fourth-order valence-corrected chi connectivity index (χ4v) is 2.53. The molecule has 1 saturated heterocycles. The minimum Gasteiger partial charge on any atom is -0.336 e. The van der Waals surface area contributed by atoms with Gasteiger partial charge < -0.3 is 15.1 Å². The Morgan fingerprint density at radius 3 is 2.60 bits per heavy atom. The highest BCUT2D eigenvalue weighted by Crippen LogP contribution is 2.15. The molecule has 0 amide bonds. The van der Waals surface area contributed by atoms with Gasteiger partial charge in [0.2, 0.25) is 5.95 Å². The molecule has 1 aromatic heterocycles. The van der Waals surface area contributed by atoms with Gasteiger partial charge in [0.05, 0.1) is 0 Å². The lowest BCUT2D eigenvalue weighted by Crippen LogP contribution is -2.51. The average Bonchev–Trinajstić information content (AvgIpc) is 2.39. The van der Waals surface area contributed by atoms with Crippen molar-refractivity contribution in [1.82, 2.24) is 20.2 Å². The Labute approximate surface area is 122 Å². The predicted molar refractivity (Wildman–Crippen MR) is 82.9 cm³/mol. The second-order valence-electron chi connectivity index (χ2n) is 6.22. The molecule has 5 nitrogen and oxygen atoms in total. The number of hydrogen-bond acceptors (Lipinski definition) is 5. The third kappa shape index (κ3) is 4.15. The van der Waals surface area contributed by atoms with E-state index in [2.05, 4.69) is 52.9 Å². The highest BCUT2D eigenvalue weighted by molar-refractivity contribution is 5.32. The fourth-order valence-electron chi connectivity index (χ4n) is 2.53. The zero-order chi connectivity index (χ0) is 14.5. The Bertz CT molecular complexity index is 403. The molecule has 1 fully saturated rings. The second kappa shape index (κ2) is 6.99. The molecule has 0 radical (unpaired) electrons. The van der Waals surface area contributed by atoms with Crippen LogP contribution in [-0.2, 0) is 6.54 Å². The Morgan fingerprint density at radius 1 is 1.30 bits per heavy atom. The monoisotopic (exact) mass is 277 g/mol. The largest absolute Gasteiger partial charge is 0.336 e. The number of anilines is 1. The lowest BCUT2D eigenvalue weighted by Gasteiger charge is -2.38. The van der Waals surface area contributed by atoms with Crippen LogP contribution < -0.4 is 10.2 Å². The zero-order valence-electron chi connectivity index (χ0n) is 13.1. The summed E-state index contributed by atoms with van der Waals surface area (Å²) in [5.41, 5.74) is 1.15. The lowest BCUT2D eigenvalue weighted by molar-refractivity contribution is 0.273. The standard InChI is InChI=1S/C15H27N5/c1-12(2)7-16-8-14-9-17-15(18-10-14)20-6-5-19(4)11-13(20)3/h9-10,12-13,16H,5-8,11H2,1-4H3. The second-order valence-corrected chi connectivity index (χ2v) is 6.22. The van der Waals surface area contributed by atoms with E-state index in [0.29, 0.717) is 12.0 Å². The first-order valence-corrected chi connectivity index (χ1v) is 7.53. The van der Waals surface area contributed by atoms with Gasteiger partial charge in [-0.15, -0.1) is 0 Å². The van der Waals surface area contributed by atoms with Crippen LogP contribution in [0.15, 0.2) is 12.4 Å². The van der Waals surface area contributed by atoms with Crippen molar-refractivity contribution >= 4 is 5.95 Å². The van der Waals surface area contributed by atoms with Gasteiger partial charge >= 0.3 is 0 Å². The number of nitrogens with zero attached hydrogens (tertiary/aromatic N) is 4. The average molecular weight is 277 g/mol. The predicted octanol–water partition coefficient (Wildman–Crippen LogP) is 1.36. The molecule has 2 heterocycles. The topological polar surface area (TPSA) is 44.3 Å². The normalized spacial score (nSPS) is 20.6. The van der Waals surface area contributed by atoms with Gasteiger partial charge in [-0.25, -0.2) is 9.97 Å². The van der Waals surface area contributed by atoms with Crippen LogP contribution in [-0.4, -0.2) is 54.1 Å². The maximum absolute atomic E-state index is 4.53. The summed E-state index contributed by atoms with van der Waals surface area (Å²) in [6.07, 6.45) is 3.89. The van der Waals surface area contributed by atoms with Crippen LogP contribution >= 0.6 is 0 Å². The molecule has 0 bridgehead atoms. The molecule has 2 rings (SSSR count). The van der Waals surface area contributed by atoms with E-state index in [0.717, 1.165) is 44.2 Å². The van der Waals surface area contributed by atoms with E-state index in [1.807, 2.05) is 12.4 Å². The van der Waals surface area contributed by atoms with E-state index in [1.165, 1.54) is 0 Å². The van der Waals surface area contributed by atoms with Crippen LogP contribution in [0.25, 0.3) is 0 Å². The Kier molecular flexibility index (Phi) is 5.31. The molecular formula is C15H27N5. The molecule has 0 aromatic carbocycles. The number of aromatic nitrogens is 2. The minimum atomic E-state index is 0.471. The van der Waals surface area contributed by atoms with Crippen molar-refractivity contribution < 1.29 is 0 Å². The summed E-state index contributed by atoms with van der Waals surface area (Å²) < 4.78 is 0. The van der Waals surface area contributed by atoms with Gasteiger partial charge in [0, 0.05) is 50.2 Å². The number of rotatable bonds is 5. The Balaban J connectivity index is 1.91. The molecule has 0 saturated carbocycles. The van der Waals surface area contributed by atoms with Crippen molar-refractivity contribution in [3.8, 4) is 0 Å². The van der Waals surface area contributed by atoms with Crippen LogP contribution in [0, 0.1) is 5.92 Å². The zero-order valence-corrected chi connectivity index (χ0v) is 13.1. The quantitative estimate of drug-likeness (QED) is 0.880. The molecule has 20 heavy (non-hydrogen) atoms. The molecule has 0 spiro atoms. The lowest BCUT2D eigenvalue weighted by atomic mass is 10.2. The highest BCUT2D eigenvalue weighted by atomic mass is 15.3. The van der Waals surface area contributed by atoms with Gasteiger partial charge in [-0.3, -0.25) is 0 Å². The molecule has 112 valence electrons. The maximum Gasteiger partial charge on any atom is 0.225 e. The van der Waals surface area contributed by atoms with Gasteiger partial charge in [0.25, 0.3) is 0 Å². The van der Waals surface area contributed by atoms with E-state index in [4.69, 9.17) is 0 Å².